The number of aliphatic hydroxyl groups excluding tert-OH is 1. The van der Waals surface area contributed by atoms with Crippen molar-refractivity contribution < 1.29 is 77.6 Å². The number of hydrogen-bond acceptors (Lipinski definition) is 15. The molecule has 25 nitrogen and oxygen atoms in total. The van der Waals surface area contributed by atoms with Crippen LogP contribution in [0.1, 0.15) is 91.4 Å². The molecular weight excluding hydrogens is 895 g/mol. The molecule has 0 aromatic carbocycles. The number of carbonyl (C=O) groups excluding carboxylic acids is 11. The van der Waals surface area contributed by atoms with Gasteiger partial charge in [0.05, 0.1) is 19.1 Å². The standard InChI is InChI=1S/C40H61N9O16S/c1-19(14-29(52)24(16-31(41)54)43-21(3)51)35(60)46-25(17-50)30(53)15-20(2)39(64)49-13-5-7-28(49)40(65)48-12-4-6-27(48)38(63)45-23(9-11-33(57)58)36(61)44-22(8-10-32(55)56)37(62)47-26(18-66)34(42)59/h19-20,22-28,50,66H,4-18H2,1-3H3,(H2,41,54)(H2,42,59)(H,43,51)(H,44,61)(H,45,63)(H,46,60)(H,47,62)(H,55,56)(H,57,58)/t19-,20-,22+,23+,24+,25+,26+,27+,28+/m1/s1. The maximum Gasteiger partial charge on any atom is 0.303 e. The molecule has 0 bridgehead atoms. The molecule has 0 aromatic rings. The molecule has 0 saturated carbocycles. The highest BCUT2D eigenvalue weighted by Gasteiger charge is 2.44. The molecule has 0 aromatic heterocycles. The van der Waals surface area contributed by atoms with E-state index in [1.807, 2.05) is 0 Å². The number of Topliss-reactive ketones (excluding diaryl/α,β-unsaturated/α-hetero) is 2. The summed E-state index contributed by atoms with van der Waals surface area (Å²) in [5, 5.41) is 40.2. The van der Waals surface area contributed by atoms with Crippen LogP contribution in [0, 0.1) is 11.8 Å². The fourth-order valence-electron chi connectivity index (χ4n) is 7.46. The van der Waals surface area contributed by atoms with Crippen LogP contribution in [0.4, 0.5) is 0 Å². The van der Waals surface area contributed by atoms with E-state index in [4.69, 9.17) is 11.5 Å². The van der Waals surface area contributed by atoms with Gasteiger partial charge in [-0.05, 0) is 38.5 Å². The van der Waals surface area contributed by atoms with Gasteiger partial charge in [0, 0.05) is 63.3 Å². The molecule has 2 heterocycles. The molecule has 2 aliphatic rings. The van der Waals surface area contributed by atoms with Gasteiger partial charge in [0.15, 0.2) is 11.6 Å². The third kappa shape index (κ3) is 17.3. The number of nitrogens with one attached hydrogen (secondary N) is 5. The number of aliphatic hydroxyl groups is 1. The summed E-state index contributed by atoms with van der Waals surface area (Å²) in [6, 6.07) is -9.46. The lowest BCUT2D eigenvalue weighted by molar-refractivity contribution is -0.149. The first-order valence-corrected chi connectivity index (χ1v) is 21.9. The summed E-state index contributed by atoms with van der Waals surface area (Å²) >= 11 is 3.94. The Morgan fingerprint density at radius 1 is 0.621 bits per heavy atom. The Labute approximate surface area is 385 Å². The number of nitrogens with two attached hydrogens (primary N) is 2. The van der Waals surface area contributed by atoms with Gasteiger partial charge in [0.25, 0.3) is 0 Å². The molecule has 0 aliphatic carbocycles. The number of rotatable bonds is 28. The molecule has 2 fully saturated rings. The van der Waals surface area contributed by atoms with Crippen LogP contribution in [0.5, 0.6) is 0 Å². The lowest BCUT2D eigenvalue weighted by atomic mass is 9.95. The minimum Gasteiger partial charge on any atom is -0.481 e. The number of primary amides is 2. The maximum atomic E-state index is 14.1. The fourth-order valence-corrected chi connectivity index (χ4v) is 7.73. The van der Waals surface area contributed by atoms with Crippen molar-refractivity contribution in [1.82, 2.24) is 36.4 Å². The summed E-state index contributed by atoms with van der Waals surface area (Å²) in [4.78, 5) is 167. The molecule has 0 unspecified atom stereocenters. The zero-order valence-corrected chi connectivity index (χ0v) is 37.8. The van der Waals surface area contributed by atoms with Gasteiger partial charge >= 0.3 is 11.9 Å². The highest BCUT2D eigenvalue weighted by Crippen LogP contribution is 2.27. The molecule has 368 valence electrons. The van der Waals surface area contributed by atoms with E-state index in [9.17, 15) is 77.6 Å². The first kappa shape index (κ1) is 56.0. The van der Waals surface area contributed by atoms with Crippen molar-refractivity contribution in [2.75, 3.05) is 25.4 Å². The van der Waals surface area contributed by atoms with Crippen LogP contribution in [-0.4, -0.2) is 170 Å². The normalized spacial score (nSPS) is 18.8. The van der Waals surface area contributed by atoms with E-state index in [0.717, 1.165) is 6.92 Å². The van der Waals surface area contributed by atoms with Crippen LogP contribution in [0.2, 0.25) is 0 Å². The maximum absolute atomic E-state index is 14.1. The Morgan fingerprint density at radius 2 is 1.11 bits per heavy atom. The Kier molecular flexibility index (Phi) is 22.6. The minimum atomic E-state index is -1.60. The summed E-state index contributed by atoms with van der Waals surface area (Å²) in [6.45, 7) is 3.21. The van der Waals surface area contributed by atoms with E-state index in [2.05, 4.69) is 39.2 Å². The number of likely N-dealkylation sites (tertiary alicyclic amines) is 2. The molecule has 2 saturated heterocycles. The predicted octanol–water partition coefficient (Wildman–Crippen LogP) is -4.38. The molecule has 0 radical (unpaired) electrons. The topological polar surface area (TPSA) is 401 Å². The Hall–Kier alpha value is -6.18. The summed E-state index contributed by atoms with van der Waals surface area (Å²) < 4.78 is 0. The zero-order chi connectivity index (χ0) is 50.0. The molecule has 66 heavy (non-hydrogen) atoms. The van der Waals surface area contributed by atoms with Gasteiger partial charge in [-0.3, -0.25) is 62.3 Å². The van der Waals surface area contributed by atoms with E-state index in [0.29, 0.717) is 12.8 Å². The Morgan fingerprint density at radius 3 is 1.61 bits per heavy atom. The van der Waals surface area contributed by atoms with Crippen LogP contribution >= 0.6 is 12.6 Å². The number of thiol groups is 1. The zero-order valence-electron chi connectivity index (χ0n) is 36.9. The summed E-state index contributed by atoms with van der Waals surface area (Å²) in [6.07, 6.45) is -2.62. The van der Waals surface area contributed by atoms with Crippen LogP contribution in [0.3, 0.4) is 0 Å². The molecule has 2 rings (SSSR count). The molecule has 9 atom stereocenters. The number of aliphatic carboxylic acids is 2. The number of amides is 9. The monoisotopic (exact) mass is 955 g/mol. The molecule has 0 spiro atoms. The highest BCUT2D eigenvalue weighted by molar-refractivity contribution is 7.80. The lowest BCUT2D eigenvalue weighted by Gasteiger charge is -2.33. The van der Waals surface area contributed by atoms with Gasteiger partial charge < -0.3 is 63.2 Å². The smallest absolute Gasteiger partial charge is 0.303 e. The van der Waals surface area contributed by atoms with Crippen LogP contribution in [0.15, 0.2) is 0 Å². The number of nitrogens with zero attached hydrogens (tertiary/aromatic N) is 2. The van der Waals surface area contributed by atoms with Gasteiger partial charge in [-0.15, -0.1) is 0 Å². The van der Waals surface area contributed by atoms with Crippen LogP contribution in [-0.2, 0) is 62.3 Å². The van der Waals surface area contributed by atoms with Crippen molar-refractivity contribution in [3.05, 3.63) is 0 Å². The number of carboxylic acid groups (broad SMARTS) is 2. The van der Waals surface area contributed by atoms with Crippen LogP contribution < -0.4 is 38.1 Å². The number of carboxylic acids is 2. The molecule has 12 N–H and O–H groups in total. The van der Waals surface area contributed by atoms with E-state index in [-0.39, 0.29) is 31.7 Å². The number of ketones is 2. The van der Waals surface area contributed by atoms with Crippen molar-refractivity contribution >= 4 is 89.3 Å². The summed E-state index contributed by atoms with van der Waals surface area (Å²) in [7, 11) is 0. The SMILES string of the molecule is CC(=O)N[C@@H](CC(N)=O)C(=O)C[C@@H](C)C(=O)N[C@@H](CO)C(=O)C[C@@H](C)C(=O)N1CCC[C@H]1C(=O)N1CCC[C@H]1C(=O)N[C@@H](CCC(=O)O)C(=O)N[C@@H](CCC(=O)O)C(=O)N[C@@H](CS)C(N)=O. The third-order valence-corrected chi connectivity index (χ3v) is 11.4. The lowest BCUT2D eigenvalue weighted by Crippen LogP contribution is -2.59. The summed E-state index contributed by atoms with van der Waals surface area (Å²) in [5.74, 6) is -13.8. The van der Waals surface area contributed by atoms with Crippen molar-refractivity contribution in [1.29, 1.82) is 0 Å². The first-order valence-electron chi connectivity index (χ1n) is 21.3. The van der Waals surface area contributed by atoms with Gasteiger partial charge in [-0.1, -0.05) is 13.8 Å². The van der Waals surface area contributed by atoms with E-state index >= 15 is 0 Å². The van der Waals surface area contributed by atoms with Gasteiger partial charge in [-0.25, -0.2) is 0 Å². The second-order valence-electron chi connectivity index (χ2n) is 16.3. The second kappa shape index (κ2) is 26.7. The molecular formula is C40H61N9O16S. The molecule has 26 heteroatoms. The van der Waals surface area contributed by atoms with E-state index in [1.54, 1.807) is 0 Å². The highest BCUT2D eigenvalue weighted by atomic mass is 32.1. The van der Waals surface area contributed by atoms with Gasteiger partial charge in [0.1, 0.15) is 36.3 Å². The van der Waals surface area contributed by atoms with Crippen molar-refractivity contribution in [2.45, 2.75) is 134 Å². The fraction of sp³-hybridized carbons (Fsp3) is 0.675. The quantitative estimate of drug-likeness (QED) is 0.0330. The summed E-state index contributed by atoms with van der Waals surface area (Å²) in [5.41, 5.74) is 10.4. The van der Waals surface area contributed by atoms with Crippen LogP contribution in [0.25, 0.3) is 0 Å². The van der Waals surface area contributed by atoms with E-state index in [1.165, 1.54) is 23.6 Å². The molecule has 9 amide bonds. The second-order valence-corrected chi connectivity index (χ2v) is 16.7. The van der Waals surface area contributed by atoms with Crippen molar-refractivity contribution in [3.63, 3.8) is 0 Å². The molecule has 2 aliphatic heterocycles. The van der Waals surface area contributed by atoms with Gasteiger partial charge in [-0.2, -0.15) is 12.6 Å². The average molecular weight is 956 g/mol. The van der Waals surface area contributed by atoms with Crippen molar-refractivity contribution in [3.8, 4) is 0 Å². The largest absolute Gasteiger partial charge is 0.481 e. The van der Waals surface area contributed by atoms with E-state index < -0.39 is 182 Å². The first-order chi connectivity index (χ1) is 30.9. The van der Waals surface area contributed by atoms with Gasteiger partial charge in [0.2, 0.25) is 53.2 Å². The average Bonchev–Trinajstić information content (AvgIpc) is 3.94. The van der Waals surface area contributed by atoms with Crippen molar-refractivity contribution in [2.24, 2.45) is 23.3 Å². The Bertz CT molecular complexity index is 1870. The predicted molar refractivity (Wildman–Crippen MR) is 230 cm³/mol. The Balaban J connectivity index is 2.16. The minimum absolute atomic E-state index is 0.0695. The third-order valence-electron chi connectivity index (χ3n) is 11.0. The number of carbonyl (C=O) groups is 13. The number of hydrogen-bond donors (Lipinski definition) is 11.